The molecule has 160 valence electrons. The molecule has 1 fully saturated rings. The number of nitriles is 1. The van der Waals surface area contributed by atoms with Crippen molar-refractivity contribution < 1.29 is 4.74 Å². The van der Waals surface area contributed by atoms with Crippen molar-refractivity contribution in [2.75, 3.05) is 11.9 Å². The van der Waals surface area contributed by atoms with E-state index in [0.29, 0.717) is 11.4 Å². The number of nitrogens with one attached hydrogen (secondary N) is 1. The van der Waals surface area contributed by atoms with Crippen LogP contribution < -0.4 is 10.1 Å². The van der Waals surface area contributed by atoms with Crippen LogP contribution in [0.15, 0.2) is 55.0 Å². The molecule has 0 unspecified atom stereocenters. The Morgan fingerprint density at radius 1 is 1.00 bits per heavy atom. The Kier molecular flexibility index (Phi) is 5.95. The Morgan fingerprint density at radius 2 is 1.91 bits per heavy atom. The van der Waals surface area contributed by atoms with E-state index in [1.54, 1.807) is 36.0 Å². The van der Waals surface area contributed by atoms with Crippen LogP contribution in [-0.2, 0) is 0 Å². The largest absolute Gasteiger partial charge is 0.456 e. The molecule has 3 heterocycles. The van der Waals surface area contributed by atoms with Crippen molar-refractivity contribution in [2.45, 2.75) is 32.1 Å². The zero-order valence-electron chi connectivity index (χ0n) is 17.6. The highest BCUT2D eigenvalue weighted by atomic mass is 32.1. The number of fused-ring (bicyclic) bond motifs is 1. The first kappa shape index (κ1) is 20.4. The molecule has 32 heavy (non-hydrogen) atoms. The predicted octanol–water partition coefficient (Wildman–Crippen LogP) is 6.41. The number of hydrogen-bond acceptors (Lipinski definition) is 7. The number of aromatic nitrogens is 3. The lowest BCUT2D eigenvalue weighted by Crippen LogP contribution is -2.16. The van der Waals surface area contributed by atoms with Crippen molar-refractivity contribution in [1.82, 2.24) is 15.0 Å². The lowest BCUT2D eigenvalue weighted by molar-refractivity contribution is 0.373. The summed E-state index contributed by atoms with van der Waals surface area (Å²) in [6.07, 6.45) is 11.8. The average Bonchev–Trinajstić information content (AvgIpc) is 3.26. The molecule has 0 bridgehead atoms. The summed E-state index contributed by atoms with van der Waals surface area (Å²) in [6.45, 7) is 1.01. The molecule has 1 aliphatic rings. The van der Waals surface area contributed by atoms with Gasteiger partial charge in [0, 0.05) is 36.1 Å². The SMILES string of the molecule is N#Cc1ccc(-c2cncc(Oc3ccc4nc(NCC5CCCCC5)sc4c3)c2)cn1. The second-order valence-electron chi connectivity index (χ2n) is 8.09. The molecule has 1 N–H and O–H groups in total. The van der Waals surface area contributed by atoms with Crippen LogP contribution in [0, 0.1) is 17.2 Å². The van der Waals surface area contributed by atoms with Crippen molar-refractivity contribution >= 4 is 26.7 Å². The zero-order chi connectivity index (χ0) is 21.8. The number of pyridine rings is 2. The number of rotatable bonds is 6. The van der Waals surface area contributed by atoms with Gasteiger partial charge in [-0.05, 0) is 49.1 Å². The third kappa shape index (κ3) is 4.71. The van der Waals surface area contributed by atoms with Gasteiger partial charge in [0.05, 0.1) is 16.4 Å². The van der Waals surface area contributed by atoms with Gasteiger partial charge in [-0.3, -0.25) is 4.98 Å². The lowest BCUT2D eigenvalue weighted by Gasteiger charge is -2.21. The Balaban J connectivity index is 1.29. The van der Waals surface area contributed by atoms with Crippen molar-refractivity contribution in [3.63, 3.8) is 0 Å². The summed E-state index contributed by atoms with van der Waals surface area (Å²) in [5.74, 6) is 2.16. The van der Waals surface area contributed by atoms with Crippen LogP contribution in [0.25, 0.3) is 21.3 Å². The summed E-state index contributed by atoms with van der Waals surface area (Å²) in [6, 6.07) is 13.5. The highest BCUT2D eigenvalue weighted by Crippen LogP contribution is 2.33. The lowest BCUT2D eigenvalue weighted by atomic mass is 9.89. The molecule has 0 saturated heterocycles. The smallest absolute Gasteiger partial charge is 0.183 e. The maximum atomic E-state index is 8.92. The summed E-state index contributed by atoms with van der Waals surface area (Å²) in [5, 5.41) is 13.4. The van der Waals surface area contributed by atoms with E-state index in [2.05, 4.69) is 15.3 Å². The van der Waals surface area contributed by atoms with Crippen LogP contribution in [0.4, 0.5) is 5.13 Å². The minimum atomic E-state index is 0.388. The molecule has 3 aromatic heterocycles. The second-order valence-corrected chi connectivity index (χ2v) is 9.12. The van der Waals surface area contributed by atoms with E-state index >= 15 is 0 Å². The van der Waals surface area contributed by atoms with Gasteiger partial charge in [-0.25, -0.2) is 9.97 Å². The number of benzene rings is 1. The van der Waals surface area contributed by atoms with Crippen molar-refractivity contribution in [2.24, 2.45) is 5.92 Å². The molecule has 5 rings (SSSR count). The van der Waals surface area contributed by atoms with E-state index in [-0.39, 0.29) is 0 Å². The molecule has 1 saturated carbocycles. The monoisotopic (exact) mass is 441 g/mol. The highest BCUT2D eigenvalue weighted by Gasteiger charge is 2.14. The van der Waals surface area contributed by atoms with Gasteiger partial charge in [-0.1, -0.05) is 30.6 Å². The van der Waals surface area contributed by atoms with E-state index in [1.165, 1.54) is 32.1 Å². The minimum Gasteiger partial charge on any atom is -0.456 e. The topological polar surface area (TPSA) is 83.7 Å². The molecule has 0 aliphatic heterocycles. The maximum Gasteiger partial charge on any atom is 0.183 e. The predicted molar refractivity (Wildman–Crippen MR) is 127 cm³/mol. The molecular formula is C25H23N5OS. The zero-order valence-corrected chi connectivity index (χ0v) is 18.4. The molecule has 1 aliphatic carbocycles. The van der Waals surface area contributed by atoms with E-state index < -0.39 is 0 Å². The average molecular weight is 442 g/mol. The van der Waals surface area contributed by atoms with Gasteiger partial charge < -0.3 is 10.1 Å². The summed E-state index contributed by atoms with van der Waals surface area (Å²) in [5.41, 5.74) is 3.13. The third-order valence-electron chi connectivity index (χ3n) is 5.79. The van der Waals surface area contributed by atoms with Gasteiger partial charge in [0.25, 0.3) is 0 Å². The van der Waals surface area contributed by atoms with E-state index in [4.69, 9.17) is 15.0 Å². The molecule has 6 nitrogen and oxygen atoms in total. The molecule has 0 spiro atoms. The van der Waals surface area contributed by atoms with Gasteiger partial charge in [0.1, 0.15) is 23.3 Å². The van der Waals surface area contributed by atoms with Gasteiger partial charge in [-0.2, -0.15) is 5.26 Å². The molecule has 7 heteroatoms. The third-order valence-corrected chi connectivity index (χ3v) is 6.76. The first-order valence-electron chi connectivity index (χ1n) is 10.9. The van der Waals surface area contributed by atoms with Gasteiger partial charge in [0.2, 0.25) is 0 Å². The Bertz CT molecular complexity index is 1260. The normalized spacial score (nSPS) is 14.2. The molecule has 0 atom stereocenters. The molecule has 4 aromatic rings. The van der Waals surface area contributed by atoms with Crippen molar-refractivity contribution in [1.29, 1.82) is 5.26 Å². The fourth-order valence-corrected chi connectivity index (χ4v) is 4.97. The molecule has 0 amide bonds. The first-order chi connectivity index (χ1) is 15.8. The van der Waals surface area contributed by atoms with Crippen LogP contribution in [0.2, 0.25) is 0 Å². The number of ether oxygens (including phenoxy) is 1. The maximum absolute atomic E-state index is 8.92. The molecular weight excluding hydrogens is 418 g/mol. The number of hydrogen-bond donors (Lipinski definition) is 1. The summed E-state index contributed by atoms with van der Waals surface area (Å²) < 4.78 is 7.17. The standard InChI is InChI=1S/C25H23N5OS/c26-12-20-7-6-18(15-28-20)19-10-22(16-27-14-19)31-21-8-9-23-24(11-21)32-25(30-23)29-13-17-4-2-1-3-5-17/h6-11,14-17H,1-5,13H2,(H,29,30). The van der Waals surface area contributed by atoms with Crippen LogP contribution >= 0.6 is 11.3 Å². The number of thiazole rings is 1. The fourth-order valence-electron chi connectivity index (χ4n) is 4.07. The molecule has 0 radical (unpaired) electrons. The van der Waals surface area contributed by atoms with Crippen LogP contribution in [-0.4, -0.2) is 21.5 Å². The van der Waals surface area contributed by atoms with Gasteiger partial charge in [0.15, 0.2) is 5.13 Å². The Morgan fingerprint density at radius 3 is 2.72 bits per heavy atom. The van der Waals surface area contributed by atoms with Crippen molar-refractivity contribution in [3.8, 4) is 28.7 Å². The summed E-state index contributed by atoms with van der Waals surface area (Å²) >= 11 is 1.66. The van der Waals surface area contributed by atoms with Crippen LogP contribution in [0.3, 0.4) is 0 Å². The highest BCUT2D eigenvalue weighted by molar-refractivity contribution is 7.22. The Hall–Kier alpha value is -3.50. The van der Waals surface area contributed by atoms with Gasteiger partial charge in [-0.15, -0.1) is 0 Å². The fraction of sp³-hybridized carbons (Fsp3) is 0.280. The Labute approximate surface area is 190 Å². The van der Waals surface area contributed by atoms with Crippen molar-refractivity contribution in [3.05, 3.63) is 60.7 Å². The van der Waals surface area contributed by atoms with Crippen LogP contribution in [0.5, 0.6) is 11.5 Å². The summed E-state index contributed by atoms with van der Waals surface area (Å²) in [7, 11) is 0. The minimum absolute atomic E-state index is 0.388. The van der Waals surface area contributed by atoms with Gasteiger partial charge >= 0.3 is 0 Å². The van der Waals surface area contributed by atoms with E-state index in [1.807, 2.05) is 36.4 Å². The van der Waals surface area contributed by atoms with Crippen LogP contribution in [0.1, 0.15) is 37.8 Å². The summed E-state index contributed by atoms with van der Waals surface area (Å²) in [4.78, 5) is 13.1. The number of nitrogens with zero attached hydrogens (tertiary/aromatic N) is 4. The first-order valence-corrected chi connectivity index (χ1v) is 11.7. The number of anilines is 1. The van der Waals surface area contributed by atoms with E-state index in [9.17, 15) is 0 Å². The second kappa shape index (κ2) is 9.33. The van der Waals surface area contributed by atoms with E-state index in [0.717, 1.165) is 44.7 Å². The quantitative estimate of drug-likeness (QED) is 0.372. The molecule has 1 aromatic carbocycles.